The molecule has 1 aliphatic carbocycles. The molecule has 0 saturated carbocycles. The molecule has 4 nitrogen and oxygen atoms in total. The summed E-state index contributed by atoms with van der Waals surface area (Å²) in [7, 11) is 0. The number of nitrogens with one attached hydrogen (secondary N) is 1. The second-order valence-electron chi connectivity index (χ2n) is 10.2. The first kappa shape index (κ1) is 22.5. The molecule has 1 N–H and O–H groups in total. The molecule has 2 heterocycles. The number of aromatic nitrogens is 2. The molecule has 3 aromatic rings. The van der Waals surface area contributed by atoms with Crippen molar-refractivity contribution in [3.8, 4) is 17.5 Å². The minimum Gasteiger partial charge on any atom is -0.371 e. The lowest BCUT2D eigenvalue weighted by Gasteiger charge is -2.35. The quantitative estimate of drug-likeness (QED) is 0.473. The van der Waals surface area contributed by atoms with E-state index in [2.05, 4.69) is 67.6 Å². The van der Waals surface area contributed by atoms with Crippen LogP contribution in [0.1, 0.15) is 83.6 Å². The summed E-state index contributed by atoms with van der Waals surface area (Å²) in [5.41, 5.74) is 10.7. The van der Waals surface area contributed by atoms with Gasteiger partial charge in [-0.15, -0.1) is 0 Å². The van der Waals surface area contributed by atoms with E-state index < -0.39 is 0 Å². The number of benzene rings is 2. The second-order valence-corrected chi connectivity index (χ2v) is 10.2. The van der Waals surface area contributed by atoms with Crippen molar-refractivity contribution < 1.29 is 0 Å². The summed E-state index contributed by atoms with van der Waals surface area (Å²) in [5.74, 6) is 2.08. The Morgan fingerprint density at radius 2 is 1.82 bits per heavy atom. The molecule has 174 valence electrons. The lowest BCUT2D eigenvalue weighted by Crippen LogP contribution is -2.31. The van der Waals surface area contributed by atoms with Crippen LogP contribution in [-0.2, 0) is 6.42 Å². The number of piperidine rings is 1. The predicted octanol–water partition coefficient (Wildman–Crippen LogP) is 6.86. The monoisotopic (exact) mass is 450 g/mol. The molecule has 34 heavy (non-hydrogen) atoms. The molecular formula is C30H34N4. The van der Waals surface area contributed by atoms with Crippen LogP contribution in [0.15, 0.2) is 43.0 Å². The predicted molar refractivity (Wildman–Crippen MR) is 139 cm³/mol. The summed E-state index contributed by atoms with van der Waals surface area (Å²) >= 11 is 0. The summed E-state index contributed by atoms with van der Waals surface area (Å²) < 4.78 is 0. The van der Waals surface area contributed by atoms with E-state index in [-0.39, 0.29) is 0 Å². The fourth-order valence-corrected chi connectivity index (χ4v) is 5.77. The number of hydrogen-bond acceptors (Lipinski definition) is 3. The Kier molecular flexibility index (Phi) is 6.04. The molecule has 0 radical (unpaired) electrons. The average Bonchev–Trinajstić information content (AvgIpc) is 3.29. The molecular weight excluding hydrogens is 416 g/mol. The molecule has 4 heteroatoms. The first-order valence-electron chi connectivity index (χ1n) is 12.6. The Bertz CT molecular complexity index is 1250. The van der Waals surface area contributed by atoms with Gasteiger partial charge < -0.3 is 9.88 Å². The van der Waals surface area contributed by atoms with Crippen LogP contribution in [0.4, 0.5) is 0 Å². The highest BCUT2D eigenvalue weighted by Crippen LogP contribution is 2.36. The Hall–Kier alpha value is -3.32. The average molecular weight is 451 g/mol. The van der Waals surface area contributed by atoms with Gasteiger partial charge in [0.2, 0.25) is 0 Å². The summed E-state index contributed by atoms with van der Waals surface area (Å²) in [6.45, 7) is 13.2. The number of aryl methyl sites for hydroxylation is 3. The van der Waals surface area contributed by atoms with Gasteiger partial charge in [0.15, 0.2) is 0 Å². The number of rotatable bonds is 4. The molecule has 1 unspecified atom stereocenters. The lowest BCUT2D eigenvalue weighted by molar-refractivity contribution is 0.299. The van der Waals surface area contributed by atoms with Gasteiger partial charge in [-0.25, -0.2) is 4.98 Å². The van der Waals surface area contributed by atoms with E-state index in [9.17, 15) is 0 Å². The van der Waals surface area contributed by atoms with Gasteiger partial charge in [0, 0.05) is 41.5 Å². The Morgan fingerprint density at radius 1 is 1.09 bits per heavy atom. The van der Waals surface area contributed by atoms with Gasteiger partial charge in [-0.05, 0) is 86.8 Å². The maximum Gasteiger partial charge on any atom is 0.138 e. The number of nitrogens with zero attached hydrogens (tertiary/aromatic N) is 3. The smallest absolute Gasteiger partial charge is 0.138 e. The van der Waals surface area contributed by atoms with E-state index in [0.717, 1.165) is 49.4 Å². The third kappa shape index (κ3) is 4.16. The van der Waals surface area contributed by atoms with Crippen molar-refractivity contribution in [3.63, 3.8) is 0 Å². The summed E-state index contributed by atoms with van der Waals surface area (Å²) in [4.78, 5) is 11.1. The summed E-state index contributed by atoms with van der Waals surface area (Å²) in [5, 5.41) is 9.06. The van der Waals surface area contributed by atoms with Crippen LogP contribution in [0.3, 0.4) is 0 Å². The van der Waals surface area contributed by atoms with Crippen molar-refractivity contribution in [2.75, 3.05) is 13.1 Å². The summed E-state index contributed by atoms with van der Waals surface area (Å²) in [6.07, 6.45) is 5.77. The SMILES string of the molecule is C=C(c1cc(-c2nc3c([nH]2)CCCC3C)c(C)cc1C)N1CCC(c2ccc(C#N)cc2)CC1. The second kappa shape index (κ2) is 9.14. The van der Waals surface area contributed by atoms with Crippen LogP contribution >= 0.6 is 0 Å². The topological polar surface area (TPSA) is 55.7 Å². The molecule has 1 fully saturated rings. The number of fused-ring (bicyclic) bond motifs is 1. The fourth-order valence-electron chi connectivity index (χ4n) is 5.77. The maximum absolute atomic E-state index is 9.06. The van der Waals surface area contributed by atoms with E-state index in [0.29, 0.717) is 11.8 Å². The lowest BCUT2D eigenvalue weighted by atomic mass is 9.88. The van der Waals surface area contributed by atoms with Gasteiger partial charge >= 0.3 is 0 Å². The third-order valence-corrected chi connectivity index (χ3v) is 7.87. The van der Waals surface area contributed by atoms with Gasteiger partial charge in [-0.1, -0.05) is 31.7 Å². The molecule has 0 spiro atoms. The number of hydrogen-bond donors (Lipinski definition) is 1. The van der Waals surface area contributed by atoms with Crippen LogP contribution in [-0.4, -0.2) is 28.0 Å². The van der Waals surface area contributed by atoms with E-state index in [1.165, 1.54) is 52.0 Å². The minimum absolute atomic E-state index is 0.534. The Balaban J connectivity index is 1.35. The highest BCUT2D eigenvalue weighted by Gasteiger charge is 2.25. The summed E-state index contributed by atoms with van der Waals surface area (Å²) in [6, 6.07) is 14.9. The van der Waals surface area contributed by atoms with Crippen LogP contribution in [0.2, 0.25) is 0 Å². The zero-order valence-corrected chi connectivity index (χ0v) is 20.6. The molecule has 5 rings (SSSR count). The van der Waals surface area contributed by atoms with E-state index >= 15 is 0 Å². The number of aromatic amines is 1. The van der Waals surface area contributed by atoms with Crippen molar-refractivity contribution in [1.82, 2.24) is 14.9 Å². The molecule has 1 aromatic heterocycles. The first-order valence-corrected chi connectivity index (χ1v) is 12.6. The van der Waals surface area contributed by atoms with E-state index in [4.69, 9.17) is 10.2 Å². The largest absolute Gasteiger partial charge is 0.371 e. The van der Waals surface area contributed by atoms with Crippen molar-refractivity contribution in [1.29, 1.82) is 5.26 Å². The zero-order chi connectivity index (χ0) is 23.8. The highest BCUT2D eigenvalue weighted by atomic mass is 15.1. The Labute approximate surface area is 203 Å². The molecule has 0 amide bonds. The van der Waals surface area contributed by atoms with Gasteiger partial charge in [0.25, 0.3) is 0 Å². The molecule has 1 saturated heterocycles. The fraction of sp³-hybridized carbons (Fsp3) is 0.400. The van der Waals surface area contributed by atoms with Crippen LogP contribution < -0.4 is 0 Å². The molecule has 2 aromatic carbocycles. The van der Waals surface area contributed by atoms with E-state index in [1.807, 2.05) is 12.1 Å². The molecule has 1 atom stereocenters. The van der Waals surface area contributed by atoms with Crippen molar-refractivity contribution in [2.24, 2.45) is 0 Å². The van der Waals surface area contributed by atoms with Crippen LogP contribution in [0.25, 0.3) is 17.1 Å². The maximum atomic E-state index is 9.06. The number of H-pyrrole nitrogens is 1. The van der Waals surface area contributed by atoms with Crippen LogP contribution in [0.5, 0.6) is 0 Å². The molecule has 0 bridgehead atoms. The standard InChI is InChI=1S/C30H34N4/c1-19-6-5-7-28-29(19)33-30(32-28)27-17-26(20(2)16-21(27)3)22(4)34-14-12-25(13-15-34)24-10-8-23(18-31)9-11-24/h8-11,16-17,19,25H,4-7,12-15H2,1-3H3,(H,32,33). The highest BCUT2D eigenvalue weighted by molar-refractivity contribution is 5.73. The Morgan fingerprint density at radius 3 is 2.50 bits per heavy atom. The normalized spacial score (nSPS) is 18.4. The van der Waals surface area contributed by atoms with Crippen molar-refractivity contribution >= 4 is 5.70 Å². The zero-order valence-electron chi connectivity index (χ0n) is 20.6. The number of likely N-dealkylation sites (tertiary alicyclic amines) is 1. The van der Waals surface area contributed by atoms with Gasteiger partial charge in [0.1, 0.15) is 5.82 Å². The third-order valence-electron chi connectivity index (χ3n) is 7.87. The number of nitriles is 1. The van der Waals surface area contributed by atoms with E-state index in [1.54, 1.807) is 0 Å². The van der Waals surface area contributed by atoms with Gasteiger partial charge in [-0.2, -0.15) is 5.26 Å². The number of imidazole rings is 1. The van der Waals surface area contributed by atoms with Gasteiger partial charge in [0.05, 0.1) is 17.3 Å². The molecule has 1 aliphatic heterocycles. The van der Waals surface area contributed by atoms with Crippen molar-refractivity contribution in [2.45, 2.75) is 64.7 Å². The minimum atomic E-state index is 0.534. The van der Waals surface area contributed by atoms with Gasteiger partial charge in [-0.3, -0.25) is 0 Å². The molecule has 2 aliphatic rings. The first-order chi connectivity index (χ1) is 16.4. The van der Waals surface area contributed by atoms with Crippen LogP contribution in [0, 0.1) is 25.2 Å². The van der Waals surface area contributed by atoms with Crippen molar-refractivity contribution in [3.05, 3.63) is 82.2 Å².